The van der Waals surface area contributed by atoms with Crippen LogP contribution in [0.3, 0.4) is 0 Å². The third kappa shape index (κ3) is 1.25. The molecule has 0 saturated heterocycles. The largest absolute Gasteiger partial charge is 0.364 e. The first-order chi connectivity index (χ1) is 6.84. The molecule has 0 spiro atoms. The minimum atomic E-state index is 0.292. The number of hydrogen-bond acceptors (Lipinski definition) is 5. The van der Waals surface area contributed by atoms with Crippen molar-refractivity contribution >= 4 is 27.4 Å². The Morgan fingerprint density at radius 3 is 3.14 bits per heavy atom. The summed E-state index contributed by atoms with van der Waals surface area (Å²) in [5.74, 6) is 0.919. The lowest BCUT2D eigenvalue weighted by Crippen LogP contribution is -2.13. The first-order valence-electron chi connectivity index (χ1n) is 4.55. The lowest BCUT2D eigenvalue weighted by atomic mass is 10.4. The molecule has 4 nitrogen and oxygen atoms in total. The second-order valence-electron chi connectivity index (χ2n) is 3.51. The fourth-order valence-corrected chi connectivity index (χ4v) is 2.25. The highest BCUT2D eigenvalue weighted by molar-refractivity contribution is 7.17. The number of nitrogens with one attached hydrogen (secondary N) is 1. The maximum absolute atomic E-state index is 5.73. The molecule has 2 atom stereocenters. The van der Waals surface area contributed by atoms with E-state index in [9.17, 15) is 0 Å². The van der Waals surface area contributed by atoms with E-state index in [1.165, 1.54) is 0 Å². The maximum Gasteiger partial charge on any atom is 0.147 e. The molecule has 3 N–H and O–H groups in total. The van der Waals surface area contributed by atoms with Gasteiger partial charge in [-0.3, -0.25) is 0 Å². The van der Waals surface area contributed by atoms with Crippen LogP contribution in [-0.4, -0.2) is 22.1 Å². The highest BCUT2D eigenvalue weighted by Gasteiger charge is 2.33. The molecule has 72 valence electrons. The van der Waals surface area contributed by atoms with Crippen LogP contribution in [0.2, 0.25) is 0 Å². The standard InChI is InChI=1S/C9H10N4S/c10-5-3-7(5)13-9-8-6(1-2-14-8)11-4-12-9/h1-2,4-5,7H,3,10H2,(H,11,12,13). The monoisotopic (exact) mass is 206 g/mol. The molecule has 2 heterocycles. The van der Waals surface area contributed by atoms with Gasteiger partial charge in [0.15, 0.2) is 0 Å². The summed E-state index contributed by atoms with van der Waals surface area (Å²) in [5, 5.41) is 5.35. The Hall–Kier alpha value is -1.20. The molecule has 0 amide bonds. The molecule has 1 saturated carbocycles. The van der Waals surface area contributed by atoms with Crippen molar-refractivity contribution in [3.63, 3.8) is 0 Å². The second-order valence-corrected chi connectivity index (χ2v) is 4.42. The summed E-state index contributed by atoms with van der Waals surface area (Å²) < 4.78 is 1.12. The molecule has 0 aliphatic heterocycles. The molecule has 3 rings (SSSR count). The number of fused-ring (bicyclic) bond motifs is 1. The van der Waals surface area contributed by atoms with Crippen LogP contribution in [0, 0.1) is 0 Å². The van der Waals surface area contributed by atoms with Gasteiger partial charge in [-0.1, -0.05) is 0 Å². The summed E-state index contributed by atoms with van der Waals surface area (Å²) in [4.78, 5) is 8.40. The van der Waals surface area contributed by atoms with E-state index in [0.29, 0.717) is 12.1 Å². The average molecular weight is 206 g/mol. The van der Waals surface area contributed by atoms with Gasteiger partial charge in [-0.15, -0.1) is 11.3 Å². The van der Waals surface area contributed by atoms with Gasteiger partial charge in [0.05, 0.1) is 10.2 Å². The van der Waals surface area contributed by atoms with Gasteiger partial charge in [-0.25, -0.2) is 9.97 Å². The Morgan fingerprint density at radius 1 is 1.50 bits per heavy atom. The molecule has 2 aromatic rings. The molecule has 2 aromatic heterocycles. The van der Waals surface area contributed by atoms with Gasteiger partial charge in [-0.2, -0.15) is 0 Å². The molecular formula is C9H10N4S. The summed E-state index contributed by atoms with van der Waals surface area (Å²) in [7, 11) is 0. The Bertz CT molecular complexity index is 467. The Morgan fingerprint density at radius 2 is 2.36 bits per heavy atom. The van der Waals surface area contributed by atoms with Crippen LogP contribution in [0.15, 0.2) is 17.8 Å². The number of rotatable bonds is 2. The minimum Gasteiger partial charge on any atom is -0.364 e. The third-order valence-electron chi connectivity index (χ3n) is 2.41. The molecular weight excluding hydrogens is 196 g/mol. The van der Waals surface area contributed by atoms with Crippen LogP contribution in [0.1, 0.15) is 6.42 Å². The van der Waals surface area contributed by atoms with E-state index in [-0.39, 0.29) is 0 Å². The van der Waals surface area contributed by atoms with Crippen molar-refractivity contribution in [3.05, 3.63) is 17.8 Å². The molecule has 1 aliphatic carbocycles. The summed E-state index contributed by atoms with van der Waals surface area (Å²) >= 11 is 1.66. The molecule has 2 unspecified atom stereocenters. The van der Waals surface area contributed by atoms with Gasteiger partial charge in [0, 0.05) is 12.1 Å². The van der Waals surface area contributed by atoms with Gasteiger partial charge in [-0.05, 0) is 17.9 Å². The van der Waals surface area contributed by atoms with Crippen molar-refractivity contribution in [1.29, 1.82) is 0 Å². The van der Waals surface area contributed by atoms with Crippen LogP contribution in [-0.2, 0) is 0 Å². The number of anilines is 1. The molecule has 14 heavy (non-hydrogen) atoms. The third-order valence-corrected chi connectivity index (χ3v) is 3.32. The van der Waals surface area contributed by atoms with Crippen molar-refractivity contribution in [1.82, 2.24) is 9.97 Å². The van der Waals surface area contributed by atoms with E-state index in [1.54, 1.807) is 17.7 Å². The normalized spacial score (nSPS) is 25.2. The topological polar surface area (TPSA) is 63.8 Å². The first kappa shape index (κ1) is 8.14. The van der Waals surface area contributed by atoms with Gasteiger partial charge >= 0.3 is 0 Å². The van der Waals surface area contributed by atoms with Crippen molar-refractivity contribution in [2.75, 3.05) is 5.32 Å². The zero-order valence-electron chi connectivity index (χ0n) is 7.47. The summed E-state index contributed by atoms with van der Waals surface area (Å²) in [5.41, 5.74) is 6.73. The van der Waals surface area contributed by atoms with Crippen LogP contribution in [0.25, 0.3) is 10.2 Å². The molecule has 5 heteroatoms. The Balaban J connectivity index is 1.98. The second kappa shape index (κ2) is 2.90. The summed E-state index contributed by atoms with van der Waals surface area (Å²) in [6, 6.07) is 2.69. The average Bonchev–Trinajstić information content (AvgIpc) is 2.69. The highest BCUT2D eigenvalue weighted by Crippen LogP contribution is 2.29. The minimum absolute atomic E-state index is 0.292. The number of aromatic nitrogens is 2. The van der Waals surface area contributed by atoms with Gasteiger partial charge in [0.1, 0.15) is 12.1 Å². The van der Waals surface area contributed by atoms with Crippen LogP contribution < -0.4 is 11.1 Å². The van der Waals surface area contributed by atoms with Crippen molar-refractivity contribution in [2.45, 2.75) is 18.5 Å². The van der Waals surface area contributed by atoms with Crippen molar-refractivity contribution in [3.8, 4) is 0 Å². The quantitative estimate of drug-likeness (QED) is 0.775. The smallest absolute Gasteiger partial charge is 0.147 e. The predicted molar refractivity (Wildman–Crippen MR) is 57.4 cm³/mol. The first-order valence-corrected chi connectivity index (χ1v) is 5.43. The van der Waals surface area contributed by atoms with Gasteiger partial charge in [0.25, 0.3) is 0 Å². The van der Waals surface area contributed by atoms with E-state index in [4.69, 9.17) is 5.73 Å². The predicted octanol–water partition coefficient (Wildman–Crippen LogP) is 1.20. The molecule has 0 radical (unpaired) electrons. The van der Waals surface area contributed by atoms with Crippen molar-refractivity contribution in [2.24, 2.45) is 5.73 Å². The van der Waals surface area contributed by atoms with Gasteiger partial charge in [0.2, 0.25) is 0 Å². The van der Waals surface area contributed by atoms with Crippen LogP contribution in [0.4, 0.5) is 5.82 Å². The van der Waals surface area contributed by atoms with Crippen molar-refractivity contribution < 1.29 is 0 Å². The molecule has 0 bridgehead atoms. The SMILES string of the molecule is NC1CC1Nc1ncnc2ccsc12. The van der Waals surface area contributed by atoms with E-state index in [2.05, 4.69) is 15.3 Å². The van der Waals surface area contributed by atoms with E-state index >= 15 is 0 Å². The zero-order chi connectivity index (χ0) is 9.54. The fraction of sp³-hybridized carbons (Fsp3) is 0.333. The number of hydrogen-bond donors (Lipinski definition) is 2. The summed E-state index contributed by atoms with van der Waals surface area (Å²) in [6.45, 7) is 0. The number of thiophene rings is 1. The van der Waals surface area contributed by atoms with Crippen LogP contribution >= 0.6 is 11.3 Å². The summed E-state index contributed by atoms with van der Waals surface area (Å²) in [6.07, 6.45) is 2.63. The lowest BCUT2D eigenvalue weighted by Gasteiger charge is -2.03. The highest BCUT2D eigenvalue weighted by atomic mass is 32.1. The molecule has 1 fully saturated rings. The Labute approximate surface area is 85.2 Å². The number of nitrogens with zero attached hydrogens (tertiary/aromatic N) is 2. The zero-order valence-corrected chi connectivity index (χ0v) is 8.29. The Kier molecular flexibility index (Phi) is 1.68. The van der Waals surface area contributed by atoms with E-state index in [0.717, 1.165) is 22.5 Å². The van der Waals surface area contributed by atoms with E-state index in [1.807, 2.05) is 11.4 Å². The fourth-order valence-electron chi connectivity index (χ4n) is 1.45. The van der Waals surface area contributed by atoms with E-state index < -0.39 is 0 Å². The van der Waals surface area contributed by atoms with Crippen LogP contribution in [0.5, 0.6) is 0 Å². The molecule has 1 aliphatic rings. The molecule has 0 aromatic carbocycles. The lowest BCUT2D eigenvalue weighted by molar-refractivity contribution is 0.997. The van der Waals surface area contributed by atoms with Gasteiger partial charge < -0.3 is 11.1 Å². The maximum atomic E-state index is 5.73. The number of nitrogens with two attached hydrogens (primary N) is 1.